The standard InChI is InChI=1S/C26H20F6/c1-2-3-17-4-6-18(7-5-17)8-9-19-10-11-21(23(27)14-19)20-15-24(28)22(25(29)16-20)12-13-26(30,31)32/h4-7,10-11,14-16H,2-3,8-9H2,1H3. The lowest BCUT2D eigenvalue weighted by atomic mass is 9.98. The summed E-state index contributed by atoms with van der Waals surface area (Å²) in [6, 6.07) is 14.2. The Kier molecular flexibility index (Phi) is 7.29. The molecule has 0 fully saturated rings. The van der Waals surface area contributed by atoms with E-state index in [0.29, 0.717) is 12.8 Å². The summed E-state index contributed by atoms with van der Waals surface area (Å²) in [6.45, 7) is 2.12. The summed E-state index contributed by atoms with van der Waals surface area (Å²) in [5.74, 6) is -0.965. The number of aryl methyl sites for hydroxylation is 3. The fourth-order valence-electron chi connectivity index (χ4n) is 3.38. The number of hydrogen-bond donors (Lipinski definition) is 0. The molecule has 0 unspecified atom stereocenters. The molecule has 0 spiro atoms. The van der Waals surface area contributed by atoms with E-state index in [1.54, 1.807) is 6.07 Å². The molecule has 3 aromatic rings. The molecule has 166 valence electrons. The SMILES string of the molecule is CCCc1ccc(CCc2ccc(-c3cc(F)c(C#CC(F)(F)F)c(F)c3)c(F)c2)cc1. The van der Waals surface area contributed by atoms with Crippen LogP contribution in [-0.4, -0.2) is 6.18 Å². The minimum Gasteiger partial charge on any atom is -0.206 e. The van der Waals surface area contributed by atoms with Gasteiger partial charge in [0.15, 0.2) is 0 Å². The Morgan fingerprint density at radius 3 is 1.75 bits per heavy atom. The Labute approximate surface area is 182 Å². The maximum atomic E-state index is 14.6. The molecule has 0 saturated carbocycles. The van der Waals surface area contributed by atoms with E-state index < -0.39 is 29.2 Å². The topological polar surface area (TPSA) is 0 Å². The van der Waals surface area contributed by atoms with Gasteiger partial charge in [0.05, 0.1) is 5.56 Å². The van der Waals surface area contributed by atoms with Gasteiger partial charge in [-0.3, -0.25) is 0 Å². The van der Waals surface area contributed by atoms with Gasteiger partial charge in [-0.2, -0.15) is 13.2 Å². The van der Waals surface area contributed by atoms with Crippen molar-refractivity contribution in [2.75, 3.05) is 0 Å². The van der Waals surface area contributed by atoms with Crippen LogP contribution in [0.2, 0.25) is 0 Å². The van der Waals surface area contributed by atoms with E-state index in [-0.39, 0.29) is 11.1 Å². The van der Waals surface area contributed by atoms with Crippen LogP contribution >= 0.6 is 0 Å². The van der Waals surface area contributed by atoms with E-state index in [9.17, 15) is 26.3 Å². The van der Waals surface area contributed by atoms with Gasteiger partial charge in [0.25, 0.3) is 0 Å². The Balaban J connectivity index is 1.76. The van der Waals surface area contributed by atoms with Crippen LogP contribution in [0.15, 0.2) is 54.6 Å². The number of benzene rings is 3. The van der Waals surface area contributed by atoms with E-state index in [4.69, 9.17) is 0 Å². The molecular formula is C26H20F6. The molecule has 0 amide bonds. The second-order valence-electron chi connectivity index (χ2n) is 7.44. The zero-order chi connectivity index (χ0) is 23.3. The van der Waals surface area contributed by atoms with Gasteiger partial charge in [-0.15, -0.1) is 0 Å². The summed E-state index contributed by atoms with van der Waals surface area (Å²) >= 11 is 0. The molecule has 0 aliphatic heterocycles. The molecule has 0 nitrogen and oxygen atoms in total. The number of halogens is 6. The fourth-order valence-corrected chi connectivity index (χ4v) is 3.38. The van der Waals surface area contributed by atoms with Crippen molar-refractivity contribution >= 4 is 0 Å². The molecule has 32 heavy (non-hydrogen) atoms. The molecule has 0 radical (unpaired) electrons. The van der Waals surface area contributed by atoms with Gasteiger partial charge in [-0.05, 0) is 59.7 Å². The van der Waals surface area contributed by atoms with Gasteiger partial charge in [-0.25, -0.2) is 13.2 Å². The average molecular weight is 446 g/mol. The summed E-state index contributed by atoms with van der Waals surface area (Å²) < 4.78 is 79.5. The first-order valence-corrected chi connectivity index (χ1v) is 10.1. The molecule has 0 saturated heterocycles. The van der Waals surface area contributed by atoms with Gasteiger partial charge >= 0.3 is 6.18 Å². The smallest absolute Gasteiger partial charge is 0.206 e. The minimum atomic E-state index is -4.88. The molecule has 0 bridgehead atoms. The highest BCUT2D eigenvalue weighted by atomic mass is 19.4. The van der Waals surface area contributed by atoms with Crippen LogP contribution in [0.25, 0.3) is 11.1 Å². The molecule has 0 heterocycles. The highest BCUT2D eigenvalue weighted by Crippen LogP contribution is 2.28. The highest BCUT2D eigenvalue weighted by molar-refractivity contribution is 5.66. The van der Waals surface area contributed by atoms with Gasteiger partial charge in [0, 0.05) is 11.5 Å². The summed E-state index contributed by atoms with van der Waals surface area (Å²) in [4.78, 5) is 0. The van der Waals surface area contributed by atoms with Crippen LogP contribution < -0.4 is 0 Å². The zero-order valence-electron chi connectivity index (χ0n) is 17.3. The van der Waals surface area contributed by atoms with Crippen LogP contribution in [0, 0.1) is 29.3 Å². The number of alkyl halides is 3. The average Bonchev–Trinajstić information content (AvgIpc) is 2.72. The largest absolute Gasteiger partial charge is 0.458 e. The Morgan fingerprint density at radius 2 is 1.22 bits per heavy atom. The summed E-state index contributed by atoms with van der Waals surface area (Å²) in [5, 5.41) is 0. The lowest BCUT2D eigenvalue weighted by Gasteiger charge is -2.09. The third-order valence-corrected chi connectivity index (χ3v) is 4.98. The van der Waals surface area contributed by atoms with Crippen molar-refractivity contribution in [1.82, 2.24) is 0 Å². The van der Waals surface area contributed by atoms with E-state index in [1.807, 2.05) is 12.1 Å². The third kappa shape index (κ3) is 6.16. The van der Waals surface area contributed by atoms with Crippen LogP contribution in [0.5, 0.6) is 0 Å². The Bertz CT molecular complexity index is 1120. The highest BCUT2D eigenvalue weighted by Gasteiger charge is 2.23. The molecule has 0 N–H and O–H groups in total. The first-order valence-electron chi connectivity index (χ1n) is 10.1. The summed E-state index contributed by atoms with van der Waals surface area (Å²) in [7, 11) is 0. The lowest BCUT2D eigenvalue weighted by Crippen LogP contribution is -2.02. The molecule has 3 rings (SSSR count). The lowest BCUT2D eigenvalue weighted by molar-refractivity contribution is -0.0696. The summed E-state index contributed by atoms with van der Waals surface area (Å²) in [6.07, 6.45) is -1.50. The van der Waals surface area contributed by atoms with Crippen molar-refractivity contribution < 1.29 is 26.3 Å². The predicted octanol–water partition coefficient (Wildman–Crippen LogP) is 7.42. The molecule has 6 heteroatoms. The van der Waals surface area contributed by atoms with Gasteiger partial charge < -0.3 is 0 Å². The number of hydrogen-bond acceptors (Lipinski definition) is 0. The first-order chi connectivity index (χ1) is 15.2. The normalized spacial score (nSPS) is 11.2. The third-order valence-electron chi connectivity index (χ3n) is 4.98. The monoisotopic (exact) mass is 446 g/mol. The van der Waals surface area contributed by atoms with Gasteiger partial charge in [0.2, 0.25) is 0 Å². The minimum absolute atomic E-state index is 0.0502. The van der Waals surface area contributed by atoms with E-state index in [0.717, 1.165) is 42.0 Å². The fraction of sp³-hybridized carbons (Fsp3) is 0.231. The molecule has 0 atom stereocenters. The van der Waals surface area contributed by atoms with Crippen molar-refractivity contribution in [2.24, 2.45) is 0 Å². The number of rotatable bonds is 6. The summed E-state index contributed by atoms with van der Waals surface area (Å²) in [5.41, 5.74) is 1.93. The van der Waals surface area contributed by atoms with Crippen LogP contribution in [0.3, 0.4) is 0 Å². The van der Waals surface area contributed by atoms with Crippen LogP contribution in [0.1, 0.15) is 35.6 Å². The molecule has 3 aromatic carbocycles. The Hall–Kier alpha value is -3.20. The van der Waals surface area contributed by atoms with Crippen molar-refractivity contribution in [3.8, 4) is 23.0 Å². The van der Waals surface area contributed by atoms with Crippen molar-refractivity contribution in [3.63, 3.8) is 0 Å². The van der Waals surface area contributed by atoms with Crippen LogP contribution in [0.4, 0.5) is 26.3 Å². The molecule has 0 aliphatic rings. The first kappa shape index (κ1) is 23.5. The second kappa shape index (κ2) is 9.95. The van der Waals surface area contributed by atoms with E-state index in [2.05, 4.69) is 19.1 Å². The van der Waals surface area contributed by atoms with Gasteiger partial charge in [-0.1, -0.05) is 55.7 Å². The van der Waals surface area contributed by atoms with Crippen LogP contribution in [-0.2, 0) is 19.3 Å². The van der Waals surface area contributed by atoms with E-state index in [1.165, 1.54) is 23.6 Å². The van der Waals surface area contributed by atoms with Crippen molar-refractivity contribution in [2.45, 2.75) is 38.8 Å². The molecular weight excluding hydrogens is 426 g/mol. The van der Waals surface area contributed by atoms with Crippen molar-refractivity contribution in [1.29, 1.82) is 0 Å². The molecule has 0 aliphatic carbocycles. The van der Waals surface area contributed by atoms with Gasteiger partial charge in [0.1, 0.15) is 17.5 Å². The maximum absolute atomic E-state index is 14.6. The maximum Gasteiger partial charge on any atom is 0.458 e. The zero-order valence-corrected chi connectivity index (χ0v) is 17.3. The molecule has 0 aromatic heterocycles. The Morgan fingerprint density at radius 1 is 0.688 bits per heavy atom. The second-order valence-corrected chi connectivity index (χ2v) is 7.44. The van der Waals surface area contributed by atoms with E-state index >= 15 is 0 Å². The predicted molar refractivity (Wildman–Crippen MR) is 113 cm³/mol. The quantitative estimate of drug-likeness (QED) is 0.273. The van der Waals surface area contributed by atoms with Crippen molar-refractivity contribution in [3.05, 3.63) is 94.3 Å².